The molecule has 1 saturated carbocycles. The van der Waals surface area contributed by atoms with Gasteiger partial charge in [-0.3, -0.25) is 0 Å². The minimum absolute atomic E-state index is 0.598. The molecule has 0 radical (unpaired) electrons. The SMILES string of the molecule is CCCCCc1ccc(C#C/C=C/C#CC2CCC(CCC)CC2)cc1. The molecule has 1 aromatic rings. The van der Waals surface area contributed by atoms with Crippen LogP contribution in [0.5, 0.6) is 0 Å². The summed E-state index contributed by atoms with van der Waals surface area (Å²) in [5.74, 6) is 14.5. The van der Waals surface area contributed by atoms with Crippen LogP contribution in [0.3, 0.4) is 0 Å². The second-order valence-corrected chi connectivity index (χ2v) is 7.55. The molecular formula is C26H34. The van der Waals surface area contributed by atoms with E-state index in [0.717, 1.165) is 11.5 Å². The highest BCUT2D eigenvalue weighted by molar-refractivity contribution is 5.39. The van der Waals surface area contributed by atoms with Crippen LogP contribution in [0.25, 0.3) is 0 Å². The summed E-state index contributed by atoms with van der Waals surface area (Å²) in [6.45, 7) is 4.54. The average Bonchev–Trinajstić information content (AvgIpc) is 2.67. The minimum Gasteiger partial charge on any atom is -0.0951 e. The van der Waals surface area contributed by atoms with Crippen LogP contribution in [0.1, 0.15) is 82.8 Å². The number of hydrogen-bond acceptors (Lipinski definition) is 0. The predicted molar refractivity (Wildman–Crippen MR) is 114 cm³/mol. The van der Waals surface area contributed by atoms with Crippen LogP contribution in [0, 0.1) is 35.5 Å². The second-order valence-electron chi connectivity index (χ2n) is 7.55. The van der Waals surface area contributed by atoms with Crippen molar-refractivity contribution in [1.82, 2.24) is 0 Å². The van der Waals surface area contributed by atoms with E-state index in [-0.39, 0.29) is 0 Å². The molecule has 0 spiro atoms. The van der Waals surface area contributed by atoms with E-state index in [1.54, 1.807) is 0 Å². The zero-order chi connectivity index (χ0) is 18.5. The summed E-state index contributed by atoms with van der Waals surface area (Å²) in [5, 5.41) is 0. The fraction of sp³-hybridized carbons (Fsp3) is 0.538. The van der Waals surface area contributed by atoms with Gasteiger partial charge in [-0.1, -0.05) is 75.3 Å². The monoisotopic (exact) mass is 346 g/mol. The van der Waals surface area contributed by atoms with Crippen LogP contribution in [0.4, 0.5) is 0 Å². The predicted octanol–water partition coefficient (Wildman–Crippen LogP) is 6.94. The number of benzene rings is 1. The number of aryl methyl sites for hydroxylation is 1. The van der Waals surface area contributed by atoms with Crippen LogP contribution in [0.15, 0.2) is 36.4 Å². The van der Waals surface area contributed by atoms with Crippen molar-refractivity contribution in [1.29, 1.82) is 0 Å². The van der Waals surface area contributed by atoms with E-state index in [1.807, 2.05) is 12.2 Å². The third-order valence-electron chi connectivity index (χ3n) is 5.32. The molecule has 0 aromatic heterocycles. The first-order valence-corrected chi connectivity index (χ1v) is 10.6. The van der Waals surface area contributed by atoms with Crippen LogP contribution in [0.2, 0.25) is 0 Å². The third-order valence-corrected chi connectivity index (χ3v) is 5.32. The maximum atomic E-state index is 3.41. The lowest BCUT2D eigenvalue weighted by atomic mass is 9.80. The molecule has 26 heavy (non-hydrogen) atoms. The van der Waals surface area contributed by atoms with Crippen molar-refractivity contribution in [2.45, 2.75) is 78.1 Å². The second kappa shape index (κ2) is 12.4. The molecule has 0 amide bonds. The minimum atomic E-state index is 0.598. The van der Waals surface area contributed by atoms with Gasteiger partial charge in [0.2, 0.25) is 0 Å². The van der Waals surface area contributed by atoms with Gasteiger partial charge in [-0.05, 0) is 74.3 Å². The Labute approximate surface area is 161 Å². The van der Waals surface area contributed by atoms with Gasteiger partial charge in [0.1, 0.15) is 0 Å². The fourth-order valence-electron chi connectivity index (χ4n) is 3.71. The molecule has 0 aliphatic heterocycles. The van der Waals surface area contributed by atoms with E-state index >= 15 is 0 Å². The first-order valence-electron chi connectivity index (χ1n) is 10.6. The van der Waals surface area contributed by atoms with E-state index < -0.39 is 0 Å². The highest BCUT2D eigenvalue weighted by Crippen LogP contribution is 2.30. The number of unbranched alkanes of at least 4 members (excludes halogenated alkanes) is 2. The number of hydrogen-bond donors (Lipinski definition) is 0. The summed E-state index contributed by atoms with van der Waals surface area (Å²) in [4.78, 5) is 0. The fourth-order valence-corrected chi connectivity index (χ4v) is 3.71. The van der Waals surface area contributed by atoms with Gasteiger partial charge in [-0.2, -0.15) is 0 Å². The molecule has 0 saturated heterocycles. The molecular weight excluding hydrogens is 312 g/mol. The Morgan fingerprint density at radius 1 is 0.885 bits per heavy atom. The maximum absolute atomic E-state index is 3.41. The van der Waals surface area contributed by atoms with E-state index in [1.165, 1.54) is 69.8 Å². The summed E-state index contributed by atoms with van der Waals surface area (Å²) >= 11 is 0. The number of allylic oxidation sites excluding steroid dienone is 2. The first-order chi connectivity index (χ1) is 12.8. The van der Waals surface area contributed by atoms with E-state index in [9.17, 15) is 0 Å². The Morgan fingerprint density at radius 2 is 1.62 bits per heavy atom. The summed E-state index contributed by atoms with van der Waals surface area (Å²) in [7, 11) is 0. The lowest BCUT2D eigenvalue weighted by Crippen LogP contribution is -2.12. The molecule has 0 N–H and O–H groups in total. The lowest BCUT2D eigenvalue weighted by Gasteiger charge is -2.25. The molecule has 138 valence electrons. The highest BCUT2D eigenvalue weighted by Gasteiger charge is 2.18. The quantitative estimate of drug-likeness (QED) is 0.387. The van der Waals surface area contributed by atoms with Crippen molar-refractivity contribution in [2.24, 2.45) is 11.8 Å². The van der Waals surface area contributed by atoms with Gasteiger partial charge in [-0.15, -0.1) is 0 Å². The Balaban J connectivity index is 1.73. The first kappa shape index (κ1) is 20.4. The van der Waals surface area contributed by atoms with Gasteiger partial charge in [0.05, 0.1) is 0 Å². The van der Waals surface area contributed by atoms with E-state index in [0.29, 0.717) is 5.92 Å². The summed E-state index contributed by atoms with van der Waals surface area (Å²) < 4.78 is 0. The molecule has 0 atom stereocenters. The van der Waals surface area contributed by atoms with Gasteiger partial charge >= 0.3 is 0 Å². The molecule has 0 nitrogen and oxygen atoms in total. The highest BCUT2D eigenvalue weighted by atomic mass is 14.2. The topological polar surface area (TPSA) is 0 Å². The number of rotatable bonds is 6. The van der Waals surface area contributed by atoms with E-state index in [2.05, 4.69) is 61.8 Å². The van der Waals surface area contributed by atoms with Crippen molar-refractivity contribution in [2.75, 3.05) is 0 Å². The molecule has 1 aromatic carbocycles. The molecule has 0 bridgehead atoms. The molecule has 1 aliphatic rings. The zero-order valence-electron chi connectivity index (χ0n) is 16.7. The third kappa shape index (κ3) is 7.97. The Hall–Kier alpha value is -1.92. The summed E-state index contributed by atoms with van der Waals surface area (Å²) in [6.07, 6.45) is 16.8. The maximum Gasteiger partial charge on any atom is 0.0249 e. The van der Waals surface area contributed by atoms with Gasteiger partial charge in [0.25, 0.3) is 0 Å². The van der Waals surface area contributed by atoms with E-state index in [4.69, 9.17) is 0 Å². The molecule has 0 unspecified atom stereocenters. The molecule has 2 rings (SSSR count). The van der Waals surface area contributed by atoms with Crippen molar-refractivity contribution < 1.29 is 0 Å². The largest absolute Gasteiger partial charge is 0.0951 e. The van der Waals surface area contributed by atoms with Crippen molar-refractivity contribution in [3.8, 4) is 23.7 Å². The van der Waals surface area contributed by atoms with Gasteiger partial charge in [0.15, 0.2) is 0 Å². The van der Waals surface area contributed by atoms with Crippen LogP contribution in [-0.4, -0.2) is 0 Å². The smallest absolute Gasteiger partial charge is 0.0249 e. The van der Waals surface area contributed by atoms with Crippen molar-refractivity contribution in [3.05, 3.63) is 47.5 Å². The van der Waals surface area contributed by atoms with Crippen molar-refractivity contribution >= 4 is 0 Å². The summed E-state index contributed by atoms with van der Waals surface area (Å²) in [6, 6.07) is 8.67. The van der Waals surface area contributed by atoms with Gasteiger partial charge in [0, 0.05) is 11.5 Å². The van der Waals surface area contributed by atoms with Crippen LogP contribution in [-0.2, 0) is 6.42 Å². The Bertz CT molecular complexity index is 646. The van der Waals surface area contributed by atoms with Crippen molar-refractivity contribution in [3.63, 3.8) is 0 Å². The molecule has 0 heteroatoms. The normalized spacial score (nSPS) is 19.5. The lowest BCUT2D eigenvalue weighted by molar-refractivity contribution is 0.300. The molecule has 1 fully saturated rings. The van der Waals surface area contributed by atoms with Gasteiger partial charge < -0.3 is 0 Å². The standard InChI is InChI=1S/C26H34/c1-3-5-8-12-24-19-21-26(22-20-24)14-10-7-6-9-13-25-17-15-23(11-4-2)16-18-25/h6-7,19-23,25H,3-5,8,11-12,15-18H2,1-2H3/b7-6+. The Morgan fingerprint density at radius 3 is 2.31 bits per heavy atom. The molecule has 0 heterocycles. The van der Waals surface area contributed by atoms with Crippen LogP contribution >= 0.6 is 0 Å². The average molecular weight is 347 g/mol. The molecule has 1 aliphatic carbocycles. The summed E-state index contributed by atoms with van der Waals surface area (Å²) in [5.41, 5.74) is 2.50. The van der Waals surface area contributed by atoms with Gasteiger partial charge in [-0.25, -0.2) is 0 Å². The zero-order valence-corrected chi connectivity index (χ0v) is 16.7. The Kier molecular flexibility index (Phi) is 9.75. The van der Waals surface area contributed by atoms with Crippen LogP contribution < -0.4 is 0 Å².